The Morgan fingerprint density at radius 1 is 1.50 bits per heavy atom. The summed E-state index contributed by atoms with van der Waals surface area (Å²) >= 11 is 1.26. The van der Waals surface area contributed by atoms with Gasteiger partial charge < -0.3 is 16.4 Å². The van der Waals surface area contributed by atoms with Gasteiger partial charge in [-0.15, -0.1) is 0 Å². The molecule has 18 heavy (non-hydrogen) atoms. The molecule has 0 aromatic carbocycles. The third-order valence-electron chi connectivity index (χ3n) is 3.72. The summed E-state index contributed by atoms with van der Waals surface area (Å²) in [6.45, 7) is 2.27. The van der Waals surface area contributed by atoms with E-state index in [0.717, 1.165) is 23.8 Å². The number of nitrogens with two attached hydrogens (primary N) is 2. The van der Waals surface area contributed by atoms with Crippen LogP contribution in [0.1, 0.15) is 43.0 Å². The number of anilines is 2. The van der Waals surface area contributed by atoms with Gasteiger partial charge in [0.15, 0.2) is 5.82 Å². The molecule has 1 aliphatic rings. The van der Waals surface area contributed by atoms with Crippen LogP contribution in [0.5, 0.6) is 0 Å². The van der Waals surface area contributed by atoms with E-state index in [9.17, 15) is 4.79 Å². The Morgan fingerprint density at radius 3 is 2.83 bits per heavy atom. The van der Waals surface area contributed by atoms with Gasteiger partial charge in [-0.1, -0.05) is 19.8 Å². The van der Waals surface area contributed by atoms with Gasteiger partial charge in [0.1, 0.15) is 10.6 Å². The highest BCUT2D eigenvalue weighted by atomic mass is 32.1. The van der Waals surface area contributed by atoms with Crippen molar-refractivity contribution in [2.45, 2.75) is 38.6 Å². The fraction of sp³-hybridized carbons (Fsp3) is 0.667. The number of hydrogen-bond acceptors (Lipinski definition) is 5. The van der Waals surface area contributed by atoms with E-state index in [-0.39, 0.29) is 5.82 Å². The Labute approximate surface area is 111 Å². The van der Waals surface area contributed by atoms with Crippen LogP contribution in [0.15, 0.2) is 0 Å². The van der Waals surface area contributed by atoms with Gasteiger partial charge in [0, 0.05) is 13.1 Å². The highest BCUT2D eigenvalue weighted by Gasteiger charge is 2.27. The first-order chi connectivity index (χ1) is 8.50. The van der Waals surface area contributed by atoms with Gasteiger partial charge in [0.05, 0.1) is 0 Å². The molecule has 0 bridgehead atoms. The van der Waals surface area contributed by atoms with Crippen molar-refractivity contribution in [1.29, 1.82) is 0 Å². The smallest absolute Gasteiger partial charge is 0.255 e. The van der Waals surface area contributed by atoms with E-state index in [1.165, 1.54) is 24.4 Å². The largest absolute Gasteiger partial charge is 0.382 e. The summed E-state index contributed by atoms with van der Waals surface area (Å²) in [5, 5.41) is 0.805. The summed E-state index contributed by atoms with van der Waals surface area (Å²) in [4.78, 5) is 13.6. The topological polar surface area (TPSA) is 85.2 Å². The van der Waals surface area contributed by atoms with E-state index in [1.807, 2.05) is 7.05 Å². The van der Waals surface area contributed by atoms with E-state index in [1.54, 1.807) is 0 Å². The molecule has 5 nitrogen and oxygen atoms in total. The first-order valence-corrected chi connectivity index (χ1v) is 7.05. The van der Waals surface area contributed by atoms with Crippen LogP contribution in [-0.4, -0.2) is 23.4 Å². The molecule has 1 aliphatic carbocycles. The average Bonchev–Trinajstić information content (AvgIpc) is 2.70. The van der Waals surface area contributed by atoms with E-state index in [0.29, 0.717) is 11.6 Å². The normalized spacial score (nSPS) is 23.9. The molecule has 0 spiro atoms. The molecule has 6 heteroatoms. The molecule has 2 atom stereocenters. The van der Waals surface area contributed by atoms with Crippen molar-refractivity contribution >= 4 is 28.3 Å². The number of hydrogen-bond donors (Lipinski definition) is 2. The van der Waals surface area contributed by atoms with Crippen molar-refractivity contribution in [3.8, 4) is 0 Å². The quantitative estimate of drug-likeness (QED) is 0.876. The molecule has 2 unspecified atom stereocenters. The van der Waals surface area contributed by atoms with Gasteiger partial charge in [-0.2, -0.15) is 4.37 Å². The zero-order valence-corrected chi connectivity index (χ0v) is 11.7. The fourth-order valence-electron chi connectivity index (χ4n) is 2.69. The van der Waals surface area contributed by atoms with Gasteiger partial charge >= 0.3 is 0 Å². The molecule has 1 aromatic heterocycles. The van der Waals surface area contributed by atoms with Crippen LogP contribution in [0.3, 0.4) is 0 Å². The summed E-state index contributed by atoms with van der Waals surface area (Å²) < 4.78 is 4.05. The lowest BCUT2D eigenvalue weighted by Gasteiger charge is -2.34. The number of aromatic nitrogens is 1. The average molecular weight is 268 g/mol. The number of nitrogens with zero attached hydrogens (tertiary/aromatic N) is 2. The highest BCUT2D eigenvalue weighted by Crippen LogP contribution is 2.35. The molecule has 1 aromatic rings. The molecular weight excluding hydrogens is 248 g/mol. The summed E-state index contributed by atoms with van der Waals surface area (Å²) in [6.07, 6.45) is 4.82. The van der Waals surface area contributed by atoms with Crippen molar-refractivity contribution in [1.82, 2.24) is 4.37 Å². The molecule has 1 fully saturated rings. The van der Waals surface area contributed by atoms with Gasteiger partial charge in [-0.3, -0.25) is 4.79 Å². The van der Waals surface area contributed by atoms with Gasteiger partial charge in [0.25, 0.3) is 5.91 Å². The second-order valence-electron chi connectivity index (χ2n) is 5.15. The molecule has 1 saturated carbocycles. The standard InChI is InChI=1S/C12H20N4OS/c1-7-4-3-5-8(6-7)16(2)12-9(11(14)17)10(13)15-18-12/h7-8H,3-6H2,1-2H3,(H2,13,15)(H2,14,17). The third-order valence-corrected chi connectivity index (χ3v) is 4.68. The number of carbonyl (C=O) groups is 1. The van der Waals surface area contributed by atoms with Crippen molar-refractivity contribution in [3.05, 3.63) is 5.56 Å². The molecule has 1 amide bonds. The minimum atomic E-state index is -0.494. The third kappa shape index (κ3) is 2.43. The van der Waals surface area contributed by atoms with E-state index in [2.05, 4.69) is 16.2 Å². The first-order valence-electron chi connectivity index (χ1n) is 6.28. The predicted octanol–water partition coefficient (Wildman–Crippen LogP) is 1.84. The Balaban J connectivity index is 2.23. The first kappa shape index (κ1) is 13.1. The van der Waals surface area contributed by atoms with Crippen molar-refractivity contribution in [2.75, 3.05) is 17.7 Å². The lowest BCUT2D eigenvalue weighted by molar-refractivity contribution is 0.100. The minimum absolute atomic E-state index is 0.248. The second-order valence-corrected chi connectivity index (χ2v) is 5.90. The number of carbonyl (C=O) groups excluding carboxylic acids is 1. The molecule has 0 radical (unpaired) electrons. The Morgan fingerprint density at radius 2 is 2.22 bits per heavy atom. The molecule has 0 aliphatic heterocycles. The van der Waals surface area contributed by atoms with Crippen LogP contribution in [0.2, 0.25) is 0 Å². The van der Waals surface area contributed by atoms with Crippen molar-refractivity contribution in [2.24, 2.45) is 11.7 Å². The van der Waals surface area contributed by atoms with E-state index < -0.39 is 5.91 Å². The SMILES string of the molecule is CC1CCCC(N(C)c2snc(N)c2C(N)=O)C1. The van der Waals surface area contributed by atoms with E-state index >= 15 is 0 Å². The Kier molecular flexibility index (Phi) is 3.75. The van der Waals surface area contributed by atoms with Gasteiger partial charge in [-0.25, -0.2) is 0 Å². The van der Waals surface area contributed by atoms with Crippen LogP contribution < -0.4 is 16.4 Å². The van der Waals surface area contributed by atoms with Crippen LogP contribution in [-0.2, 0) is 0 Å². The monoisotopic (exact) mass is 268 g/mol. The lowest BCUT2D eigenvalue weighted by Crippen LogP contribution is -2.36. The number of primary amides is 1. The summed E-state index contributed by atoms with van der Waals surface area (Å²) in [5.74, 6) is 0.485. The molecule has 4 N–H and O–H groups in total. The molecular formula is C12H20N4OS. The van der Waals surface area contributed by atoms with Crippen LogP contribution in [0, 0.1) is 5.92 Å². The van der Waals surface area contributed by atoms with Crippen LogP contribution in [0.25, 0.3) is 0 Å². The van der Waals surface area contributed by atoms with Crippen LogP contribution in [0.4, 0.5) is 10.8 Å². The maximum atomic E-state index is 11.4. The van der Waals surface area contributed by atoms with Crippen molar-refractivity contribution in [3.63, 3.8) is 0 Å². The second kappa shape index (κ2) is 5.14. The zero-order chi connectivity index (χ0) is 13.3. The van der Waals surface area contributed by atoms with Crippen LogP contribution >= 0.6 is 11.5 Å². The summed E-state index contributed by atoms with van der Waals surface area (Å²) in [5.41, 5.74) is 11.5. The summed E-state index contributed by atoms with van der Waals surface area (Å²) in [7, 11) is 2.00. The van der Waals surface area contributed by atoms with E-state index in [4.69, 9.17) is 11.5 Å². The van der Waals surface area contributed by atoms with Gasteiger partial charge in [0.2, 0.25) is 0 Å². The summed E-state index contributed by atoms with van der Waals surface area (Å²) in [6, 6.07) is 0.451. The van der Waals surface area contributed by atoms with Crippen molar-refractivity contribution < 1.29 is 4.79 Å². The lowest BCUT2D eigenvalue weighted by atomic mass is 9.86. The molecule has 1 heterocycles. The number of amides is 1. The molecule has 0 saturated heterocycles. The predicted molar refractivity (Wildman–Crippen MR) is 74.9 cm³/mol. The highest BCUT2D eigenvalue weighted by molar-refractivity contribution is 7.11. The Bertz CT molecular complexity index is 445. The maximum Gasteiger partial charge on any atom is 0.255 e. The van der Waals surface area contributed by atoms with Gasteiger partial charge in [-0.05, 0) is 30.3 Å². The Hall–Kier alpha value is -1.30. The molecule has 2 rings (SSSR count). The number of rotatable bonds is 3. The minimum Gasteiger partial charge on any atom is -0.382 e. The maximum absolute atomic E-state index is 11.4. The zero-order valence-electron chi connectivity index (χ0n) is 10.8. The molecule has 100 valence electrons. The fourth-order valence-corrected chi connectivity index (χ4v) is 3.54. The number of nitrogen functional groups attached to an aromatic ring is 1.